The Bertz CT molecular complexity index is 189. The molecule has 0 spiro atoms. The summed E-state index contributed by atoms with van der Waals surface area (Å²) in [5.74, 6) is 0.465. The average Bonchev–Trinajstić information content (AvgIpc) is 2.26. The van der Waals surface area contributed by atoms with E-state index in [4.69, 9.17) is 0 Å². The zero-order chi connectivity index (χ0) is 10.5. The van der Waals surface area contributed by atoms with Crippen LogP contribution >= 0.6 is 0 Å². The first kappa shape index (κ1) is 14.1. The van der Waals surface area contributed by atoms with Crippen LogP contribution in [-0.4, -0.2) is 16.6 Å². The number of amides is 1. The Morgan fingerprint density at radius 2 is 1.92 bits per heavy atom. The maximum Gasteiger partial charge on any atom is 0.212 e. The zero-order valence-electron chi connectivity index (χ0n) is 8.61. The van der Waals surface area contributed by atoms with Crippen molar-refractivity contribution >= 4 is 12.2 Å². The molecule has 0 fully saturated rings. The lowest BCUT2D eigenvalue weighted by Crippen LogP contribution is -1.96. The second kappa shape index (κ2) is 13.2. The van der Waals surface area contributed by atoms with Gasteiger partial charge in [0.15, 0.2) is 5.82 Å². The Hall–Kier alpha value is -1.45. The van der Waals surface area contributed by atoms with E-state index in [1.54, 1.807) is 12.1 Å². The summed E-state index contributed by atoms with van der Waals surface area (Å²) in [7, 11) is 0. The molecule has 1 rings (SSSR count). The van der Waals surface area contributed by atoms with Crippen molar-refractivity contribution in [1.82, 2.24) is 10.2 Å². The van der Waals surface area contributed by atoms with Gasteiger partial charge in [-0.3, -0.25) is 4.79 Å². The summed E-state index contributed by atoms with van der Waals surface area (Å²) in [5.41, 5.74) is 0. The molecule has 0 bridgehead atoms. The van der Waals surface area contributed by atoms with Gasteiger partial charge in [0.1, 0.15) is 0 Å². The summed E-state index contributed by atoms with van der Waals surface area (Å²) < 4.78 is 0. The Morgan fingerprint density at radius 1 is 1.31 bits per heavy atom. The van der Waals surface area contributed by atoms with Crippen molar-refractivity contribution in [2.24, 2.45) is 0 Å². The molecular formula is C9H17N3O. The predicted molar refractivity (Wildman–Crippen MR) is 54.4 cm³/mol. The molecule has 0 saturated heterocycles. The third kappa shape index (κ3) is 8.46. The van der Waals surface area contributed by atoms with Crippen LogP contribution in [0.15, 0.2) is 18.3 Å². The van der Waals surface area contributed by atoms with Crippen molar-refractivity contribution in [2.75, 3.05) is 5.32 Å². The molecule has 4 nitrogen and oxygen atoms in total. The van der Waals surface area contributed by atoms with Crippen LogP contribution < -0.4 is 5.32 Å². The molecule has 0 saturated carbocycles. The molecule has 0 unspecified atom stereocenters. The number of nitrogens with zero attached hydrogens (tertiary/aromatic N) is 2. The third-order valence-electron chi connectivity index (χ3n) is 0.779. The summed E-state index contributed by atoms with van der Waals surface area (Å²) in [5, 5.41) is 9.46. The van der Waals surface area contributed by atoms with Gasteiger partial charge >= 0.3 is 0 Å². The van der Waals surface area contributed by atoms with Crippen LogP contribution in [-0.2, 0) is 4.79 Å². The molecule has 1 aromatic heterocycles. The first-order valence-corrected chi connectivity index (χ1v) is 4.41. The van der Waals surface area contributed by atoms with Crippen LogP contribution in [0.1, 0.15) is 27.7 Å². The van der Waals surface area contributed by atoms with E-state index in [1.807, 2.05) is 27.7 Å². The van der Waals surface area contributed by atoms with Crippen LogP contribution in [0.2, 0.25) is 0 Å². The number of rotatable bonds is 2. The lowest BCUT2D eigenvalue weighted by atomic mass is 10.5. The molecule has 1 aromatic rings. The molecule has 0 aliphatic heterocycles. The van der Waals surface area contributed by atoms with Gasteiger partial charge in [0.05, 0.1) is 0 Å². The Labute approximate surface area is 79.4 Å². The van der Waals surface area contributed by atoms with Crippen molar-refractivity contribution in [2.45, 2.75) is 27.7 Å². The lowest BCUT2D eigenvalue weighted by Gasteiger charge is -1.90. The normalized spacial score (nSPS) is 6.77. The highest BCUT2D eigenvalue weighted by molar-refractivity contribution is 5.68. The van der Waals surface area contributed by atoms with Gasteiger partial charge in [-0.15, -0.1) is 5.10 Å². The Balaban J connectivity index is 0. The lowest BCUT2D eigenvalue weighted by molar-refractivity contribution is -0.105. The zero-order valence-corrected chi connectivity index (χ0v) is 8.61. The molecule has 1 heterocycles. The van der Waals surface area contributed by atoms with Crippen LogP contribution in [0, 0.1) is 0 Å². The SMILES string of the molecule is CC.CC.O=CNc1cccnn1. The Morgan fingerprint density at radius 3 is 2.31 bits per heavy atom. The van der Waals surface area contributed by atoms with E-state index < -0.39 is 0 Å². The van der Waals surface area contributed by atoms with Gasteiger partial charge in [0, 0.05) is 6.20 Å². The van der Waals surface area contributed by atoms with Crippen molar-refractivity contribution in [3.8, 4) is 0 Å². The number of anilines is 1. The highest BCUT2D eigenvalue weighted by atomic mass is 16.1. The summed E-state index contributed by atoms with van der Waals surface area (Å²) in [6.07, 6.45) is 2.10. The number of hydrogen-bond donors (Lipinski definition) is 1. The van der Waals surface area contributed by atoms with Gasteiger partial charge < -0.3 is 5.32 Å². The quantitative estimate of drug-likeness (QED) is 0.714. The summed E-state index contributed by atoms with van der Waals surface area (Å²) in [6.45, 7) is 8.00. The number of nitrogens with one attached hydrogen (secondary N) is 1. The van der Waals surface area contributed by atoms with Gasteiger partial charge in [0.25, 0.3) is 0 Å². The van der Waals surface area contributed by atoms with Crippen LogP contribution in [0.3, 0.4) is 0 Å². The van der Waals surface area contributed by atoms with Crippen LogP contribution in [0.25, 0.3) is 0 Å². The van der Waals surface area contributed by atoms with Crippen molar-refractivity contribution in [3.63, 3.8) is 0 Å². The minimum Gasteiger partial charge on any atom is -0.312 e. The van der Waals surface area contributed by atoms with Crippen molar-refractivity contribution < 1.29 is 4.79 Å². The number of aromatic nitrogens is 2. The molecule has 0 radical (unpaired) electrons. The molecule has 1 amide bonds. The smallest absolute Gasteiger partial charge is 0.212 e. The third-order valence-corrected chi connectivity index (χ3v) is 0.779. The van der Waals surface area contributed by atoms with E-state index in [0.29, 0.717) is 12.2 Å². The average molecular weight is 183 g/mol. The molecule has 0 aliphatic carbocycles. The maximum atomic E-state index is 9.80. The highest BCUT2D eigenvalue weighted by Crippen LogP contribution is 1.93. The van der Waals surface area contributed by atoms with E-state index in [2.05, 4.69) is 15.5 Å². The topological polar surface area (TPSA) is 54.9 Å². The second-order valence-electron chi connectivity index (χ2n) is 1.37. The Kier molecular flexibility index (Phi) is 14.3. The molecule has 0 atom stereocenters. The molecule has 4 heteroatoms. The van der Waals surface area contributed by atoms with Gasteiger partial charge in [-0.1, -0.05) is 27.7 Å². The number of hydrogen-bond acceptors (Lipinski definition) is 3. The fraction of sp³-hybridized carbons (Fsp3) is 0.444. The predicted octanol–water partition coefficient (Wildman–Crippen LogP) is 2.10. The second-order valence-corrected chi connectivity index (χ2v) is 1.37. The summed E-state index contributed by atoms with van der Waals surface area (Å²) in [6, 6.07) is 3.35. The molecule has 0 aromatic carbocycles. The van der Waals surface area contributed by atoms with E-state index in [9.17, 15) is 4.79 Å². The largest absolute Gasteiger partial charge is 0.312 e. The molecule has 1 N–H and O–H groups in total. The fourth-order valence-electron chi connectivity index (χ4n) is 0.439. The highest BCUT2D eigenvalue weighted by Gasteiger charge is 1.84. The van der Waals surface area contributed by atoms with Crippen molar-refractivity contribution in [3.05, 3.63) is 18.3 Å². The first-order valence-electron chi connectivity index (χ1n) is 4.41. The summed E-state index contributed by atoms with van der Waals surface area (Å²) >= 11 is 0. The van der Waals surface area contributed by atoms with E-state index in [0.717, 1.165) is 0 Å². The minimum atomic E-state index is 0.465. The number of carbonyl (C=O) groups is 1. The van der Waals surface area contributed by atoms with Gasteiger partial charge in [-0.25, -0.2) is 0 Å². The van der Waals surface area contributed by atoms with E-state index >= 15 is 0 Å². The van der Waals surface area contributed by atoms with Crippen LogP contribution in [0.4, 0.5) is 5.82 Å². The minimum absolute atomic E-state index is 0.465. The van der Waals surface area contributed by atoms with Crippen molar-refractivity contribution in [1.29, 1.82) is 0 Å². The van der Waals surface area contributed by atoms with Crippen LogP contribution in [0.5, 0.6) is 0 Å². The molecule has 13 heavy (non-hydrogen) atoms. The number of carbonyl (C=O) groups excluding carboxylic acids is 1. The monoisotopic (exact) mass is 183 g/mol. The standard InChI is InChI=1S/C5H5N3O.2C2H6/c9-4-6-5-2-1-3-7-8-5;2*1-2/h1-4H,(H,6,8,9);2*1-2H3. The maximum absolute atomic E-state index is 9.80. The first-order chi connectivity index (χ1) is 6.43. The van der Waals surface area contributed by atoms with Gasteiger partial charge in [0.2, 0.25) is 6.41 Å². The van der Waals surface area contributed by atoms with E-state index in [1.165, 1.54) is 6.20 Å². The fourth-order valence-corrected chi connectivity index (χ4v) is 0.439. The van der Waals surface area contributed by atoms with Gasteiger partial charge in [-0.05, 0) is 12.1 Å². The summed E-state index contributed by atoms with van der Waals surface area (Å²) in [4.78, 5) is 9.80. The van der Waals surface area contributed by atoms with E-state index in [-0.39, 0.29) is 0 Å². The molecule has 74 valence electrons. The molecule has 0 aliphatic rings. The molecular weight excluding hydrogens is 166 g/mol. The van der Waals surface area contributed by atoms with Gasteiger partial charge in [-0.2, -0.15) is 5.10 Å².